The van der Waals surface area contributed by atoms with Crippen LogP contribution in [-0.2, 0) is 11.3 Å². The maximum atomic E-state index is 12.7. The first-order chi connectivity index (χ1) is 12.1. The third-order valence-electron chi connectivity index (χ3n) is 3.97. The summed E-state index contributed by atoms with van der Waals surface area (Å²) in [5.74, 6) is 0.478. The Morgan fingerprint density at radius 2 is 1.88 bits per heavy atom. The van der Waals surface area contributed by atoms with Gasteiger partial charge in [-0.2, -0.15) is 0 Å². The normalized spacial score (nSPS) is 17.6. The molecule has 1 atom stereocenters. The third kappa shape index (κ3) is 2.57. The Bertz CT molecular complexity index is 904. The molecular formula is C17H14N4O4. The second-order valence-corrected chi connectivity index (χ2v) is 5.57. The Morgan fingerprint density at radius 3 is 2.60 bits per heavy atom. The number of carbonyl (C=O) groups excluding carboxylic acids is 2. The Labute approximate surface area is 142 Å². The SMILES string of the molecule is CC1C(=O)N(Cc2nnc(-c3ccco3)o2)C(=O)N1c1ccccc1. The van der Waals surface area contributed by atoms with Crippen LogP contribution in [0.2, 0.25) is 0 Å². The van der Waals surface area contributed by atoms with Gasteiger partial charge in [0.2, 0.25) is 5.89 Å². The van der Waals surface area contributed by atoms with Gasteiger partial charge >= 0.3 is 6.03 Å². The van der Waals surface area contributed by atoms with Crippen LogP contribution in [0.15, 0.2) is 57.6 Å². The van der Waals surface area contributed by atoms with Gasteiger partial charge in [-0.25, -0.2) is 4.79 Å². The van der Waals surface area contributed by atoms with Crippen molar-refractivity contribution in [2.24, 2.45) is 0 Å². The van der Waals surface area contributed by atoms with E-state index in [4.69, 9.17) is 8.83 Å². The zero-order valence-corrected chi connectivity index (χ0v) is 13.3. The molecule has 3 aromatic rings. The minimum Gasteiger partial charge on any atom is -0.459 e. The van der Waals surface area contributed by atoms with E-state index < -0.39 is 12.1 Å². The van der Waals surface area contributed by atoms with Crippen LogP contribution in [-0.4, -0.2) is 33.1 Å². The second kappa shape index (κ2) is 5.90. The van der Waals surface area contributed by atoms with Crippen molar-refractivity contribution in [1.82, 2.24) is 15.1 Å². The van der Waals surface area contributed by atoms with Crippen molar-refractivity contribution in [3.8, 4) is 11.7 Å². The van der Waals surface area contributed by atoms with Gasteiger partial charge in [0.05, 0.1) is 6.26 Å². The van der Waals surface area contributed by atoms with E-state index in [1.807, 2.05) is 18.2 Å². The summed E-state index contributed by atoms with van der Waals surface area (Å²) in [7, 11) is 0. The number of imide groups is 1. The zero-order chi connectivity index (χ0) is 17.4. The maximum Gasteiger partial charge on any atom is 0.332 e. The van der Waals surface area contributed by atoms with Crippen LogP contribution in [0.25, 0.3) is 11.7 Å². The molecule has 0 N–H and O–H groups in total. The van der Waals surface area contributed by atoms with E-state index in [0.29, 0.717) is 11.4 Å². The van der Waals surface area contributed by atoms with E-state index in [1.54, 1.807) is 31.2 Å². The minimum absolute atomic E-state index is 0.0843. The van der Waals surface area contributed by atoms with Crippen LogP contribution in [0, 0.1) is 0 Å². The van der Waals surface area contributed by atoms with Crippen molar-refractivity contribution in [1.29, 1.82) is 0 Å². The van der Waals surface area contributed by atoms with E-state index in [-0.39, 0.29) is 24.2 Å². The summed E-state index contributed by atoms with van der Waals surface area (Å²) in [6.45, 7) is 1.61. The van der Waals surface area contributed by atoms with E-state index in [1.165, 1.54) is 11.2 Å². The number of carbonyl (C=O) groups is 2. The third-order valence-corrected chi connectivity index (χ3v) is 3.97. The molecule has 0 spiro atoms. The molecular weight excluding hydrogens is 324 g/mol. The number of rotatable bonds is 4. The van der Waals surface area contributed by atoms with Gasteiger partial charge in [-0.1, -0.05) is 18.2 Å². The first kappa shape index (κ1) is 15.1. The van der Waals surface area contributed by atoms with E-state index in [9.17, 15) is 9.59 Å². The molecule has 8 heteroatoms. The molecule has 1 unspecified atom stereocenters. The molecule has 126 valence electrons. The Morgan fingerprint density at radius 1 is 1.08 bits per heavy atom. The van der Waals surface area contributed by atoms with E-state index >= 15 is 0 Å². The zero-order valence-electron chi connectivity index (χ0n) is 13.3. The molecule has 2 aromatic heterocycles. The molecule has 1 aliphatic rings. The summed E-state index contributed by atoms with van der Waals surface area (Å²) in [4.78, 5) is 27.7. The van der Waals surface area contributed by atoms with Crippen LogP contribution in [0.3, 0.4) is 0 Å². The summed E-state index contributed by atoms with van der Waals surface area (Å²) >= 11 is 0. The van der Waals surface area contributed by atoms with Gasteiger partial charge in [0, 0.05) is 5.69 Å². The summed E-state index contributed by atoms with van der Waals surface area (Å²) in [6, 6.07) is 11.4. The Hall–Kier alpha value is -3.42. The van der Waals surface area contributed by atoms with E-state index in [0.717, 1.165) is 4.90 Å². The largest absolute Gasteiger partial charge is 0.459 e. The standard InChI is InChI=1S/C17H14N4O4/c1-11-16(22)20(17(23)21(11)12-6-3-2-4-7-12)10-14-18-19-15(25-14)13-8-5-9-24-13/h2-9,11H,10H2,1H3. The smallest absolute Gasteiger partial charge is 0.332 e. The molecule has 1 saturated heterocycles. The highest BCUT2D eigenvalue weighted by atomic mass is 16.4. The van der Waals surface area contributed by atoms with Gasteiger partial charge in [0.1, 0.15) is 12.6 Å². The van der Waals surface area contributed by atoms with Gasteiger partial charge in [0.25, 0.3) is 11.8 Å². The molecule has 0 saturated carbocycles. The Kier molecular flexibility index (Phi) is 3.57. The molecule has 3 amide bonds. The predicted molar refractivity (Wildman–Crippen MR) is 86.3 cm³/mol. The number of para-hydroxylation sites is 1. The maximum absolute atomic E-state index is 12.7. The van der Waals surface area contributed by atoms with Crippen LogP contribution in [0.5, 0.6) is 0 Å². The fourth-order valence-electron chi connectivity index (χ4n) is 2.75. The van der Waals surface area contributed by atoms with Crippen molar-refractivity contribution >= 4 is 17.6 Å². The lowest BCUT2D eigenvalue weighted by atomic mass is 10.2. The highest BCUT2D eigenvalue weighted by Gasteiger charge is 2.43. The second-order valence-electron chi connectivity index (χ2n) is 5.57. The number of aromatic nitrogens is 2. The van der Waals surface area contributed by atoms with Crippen molar-refractivity contribution in [2.45, 2.75) is 19.5 Å². The lowest BCUT2D eigenvalue weighted by molar-refractivity contribution is -0.127. The topological polar surface area (TPSA) is 92.7 Å². The first-order valence-corrected chi connectivity index (χ1v) is 7.71. The molecule has 8 nitrogen and oxygen atoms in total. The number of urea groups is 1. The average molecular weight is 338 g/mol. The van der Waals surface area contributed by atoms with Crippen LogP contribution < -0.4 is 4.90 Å². The van der Waals surface area contributed by atoms with Gasteiger partial charge < -0.3 is 8.83 Å². The van der Waals surface area contributed by atoms with Crippen LogP contribution >= 0.6 is 0 Å². The van der Waals surface area contributed by atoms with Crippen molar-refractivity contribution < 1.29 is 18.4 Å². The lowest BCUT2D eigenvalue weighted by Crippen LogP contribution is -2.33. The highest BCUT2D eigenvalue weighted by molar-refractivity contribution is 6.13. The number of nitrogens with zero attached hydrogens (tertiary/aromatic N) is 4. The van der Waals surface area contributed by atoms with Gasteiger partial charge in [-0.15, -0.1) is 10.2 Å². The minimum atomic E-state index is -0.595. The van der Waals surface area contributed by atoms with Crippen molar-refractivity contribution in [3.05, 3.63) is 54.6 Å². The van der Waals surface area contributed by atoms with Gasteiger partial charge in [-0.05, 0) is 31.2 Å². The van der Waals surface area contributed by atoms with Crippen LogP contribution in [0.1, 0.15) is 12.8 Å². The van der Waals surface area contributed by atoms with Gasteiger partial charge in [0.15, 0.2) is 5.76 Å². The molecule has 25 heavy (non-hydrogen) atoms. The lowest BCUT2D eigenvalue weighted by Gasteiger charge is -2.18. The fraction of sp³-hybridized carbons (Fsp3) is 0.176. The number of amides is 3. The quantitative estimate of drug-likeness (QED) is 0.679. The number of hydrogen-bond acceptors (Lipinski definition) is 6. The fourth-order valence-corrected chi connectivity index (χ4v) is 2.75. The predicted octanol–water partition coefficient (Wildman–Crippen LogP) is 2.69. The number of benzene rings is 1. The molecule has 0 aliphatic carbocycles. The molecule has 0 radical (unpaired) electrons. The summed E-state index contributed by atoms with van der Waals surface area (Å²) in [6.07, 6.45) is 1.49. The Balaban J connectivity index is 1.57. The van der Waals surface area contributed by atoms with Crippen molar-refractivity contribution in [3.63, 3.8) is 0 Å². The molecule has 1 aliphatic heterocycles. The molecule has 1 aromatic carbocycles. The van der Waals surface area contributed by atoms with E-state index in [2.05, 4.69) is 10.2 Å². The molecule has 3 heterocycles. The summed E-state index contributed by atoms with van der Waals surface area (Å²) in [5, 5.41) is 7.76. The molecule has 0 bridgehead atoms. The average Bonchev–Trinajstić information content (AvgIpc) is 3.34. The van der Waals surface area contributed by atoms with Crippen LogP contribution in [0.4, 0.5) is 10.5 Å². The van der Waals surface area contributed by atoms with Crippen molar-refractivity contribution in [2.75, 3.05) is 4.90 Å². The molecule has 1 fully saturated rings. The molecule has 4 rings (SSSR count). The number of furan rings is 1. The monoisotopic (exact) mass is 338 g/mol. The number of hydrogen-bond donors (Lipinski definition) is 0. The summed E-state index contributed by atoms with van der Waals surface area (Å²) in [5.41, 5.74) is 0.664. The highest BCUT2D eigenvalue weighted by Crippen LogP contribution is 2.27. The first-order valence-electron chi connectivity index (χ1n) is 7.71. The summed E-state index contributed by atoms with van der Waals surface area (Å²) < 4.78 is 10.7. The number of anilines is 1. The van der Waals surface area contributed by atoms with Gasteiger partial charge in [-0.3, -0.25) is 14.6 Å².